The summed E-state index contributed by atoms with van der Waals surface area (Å²) in [4.78, 5) is 13.0. The van der Waals surface area contributed by atoms with Crippen LogP contribution >= 0.6 is 27.3 Å². The molecule has 18 heavy (non-hydrogen) atoms. The highest BCUT2D eigenvalue weighted by atomic mass is 79.9. The first kappa shape index (κ1) is 13.3. The Hall–Kier alpha value is -1.13. The molecule has 2 nitrogen and oxygen atoms in total. The van der Waals surface area contributed by atoms with Gasteiger partial charge >= 0.3 is 0 Å². The minimum Gasteiger partial charge on any atom is -0.326 e. The van der Waals surface area contributed by atoms with Crippen LogP contribution < -0.4 is 5.32 Å². The zero-order valence-corrected chi connectivity index (χ0v) is 12.7. The van der Waals surface area contributed by atoms with Crippen molar-refractivity contribution < 1.29 is 4.79 Å². The summed E-state index contributed by atoms with van der Waals surface area (Å²) in [6.45, 7) is 4.02. The summed E-state index contributed by atoms with van der Waals surface area (Å²) in [5.41, 5.74) is 3.13. The van der Waals surface area contributed by atoms with Crippen molar-refractivity contribution in [2.24, 2.45) is 0 Å². The minimum absolute atomic E-state index is 0.0260. The summed E-state index contributed by atoms with van der Waals surface area (Å²) in [5.74, 6) is 0.0260. The second-order valence-electron chi connectivity index (χ2n) is 4.25. The molecular weight excluding hydrogens is 310 g/mol. The van der Waals surface area contributed by atoms with Crippen molar-refractivity contribution in [1.82, 2.24) is 0 Å². The van der Waals surface area contributed by atoms with Crippen LogP contribution in [0.2, 0.25) is 0 Å². The molecule has 2 aromatic rings. The van der Waals surface area contributed by atoms with E-state index in [2.05, 4.69) is 21.2 Å². The van der Waals surface area contributed by atoms with Gasteiger partial charge in [-0.25, -0.2) is 0 Å². The quantitative estimate of drug-likeness (QED) is 0.896. The van der Waals surface area contributed by atoms with E-state index in [-0.39, 0.29) is 5.91 Å². The molecule has 4 heteroatoms. The fourth-order valence-corrected chi connectivity index (χ4v) is 3.15. The molecule has 0 aliphatic rings. The molecule has 1 amide bonds. The third kappa shape index (κ3) is 3.43. The lowest BCUT2D eigenvalue weighted by Crippen LogP contribution is -2.14. The van der Waals surface area contributed by atoms with Gasteiger partial charge in [-0.1, -0.05) is 12.1 Å². The molecular formula is C14H14BrNOS. The average molecular weight is 324 g/mol. The standard InChI is InChI=1S/C14H14BrNOS/c1-9-3-4-10(2)12(7-9)16-14(17)8-11-5-6-13(15)18-11/h3-7H,8H2,1-2H3,(H,16,17). The van der Waals surface area contributed by atoms with Gasteiger partial charge in [-0.3, -0.25) is 4.79 Å². The molecule has 0 radical (unpaired) electrons. The van der Waals surface area contributed by atoms with Crippen LogP contribution in [0, 0.1) is 13.8 Å². The Morgan fingerprint density at radius 1 is 1.28 bits per heavy atom. The van der Waals surface area contributed by atoms with Crippen LogP contribution in [0.1, 0.15) is 16.0 Å². The molecule has 0 spiro atoms. The smallest absolute Gasteiger partial charge is 0.229 e. The van der Waals surface area contributed by atoms with E-state index in [1.165, 1.54) is 0 Å². The Morgan fingerprint density at radius 3 is 2.72 bits per heavy atom. The molecule has 0 fully saturated rings. The Labute approximate surface area is 119 Å². The van der Waals surface area contributed by atoms with Crippen molar-refractivity contribution in [2.45, 2.75) is 20.3 Å². The second-order valence-corrected chi connectivity index (χ2v) is 6.80. The summed E-state index contributed by atoms with van der Waals surface area (Å²) in [5, 5.41) is 2.96. The van der Waals surface area contributed by atoms with Crippen LogP contribution in [-0.4, -0.2) is 5.91 Å². The molecule has 0 aliphatic heterocycles. The van der Waals surface area contributed by atoms with Crippen LogP contribution in [0.4, 0.5) is 5.69 Å². The van der Waals surface area contributed by atoms with E-state index in [9.17, 15) is 4.79 Å². The highest BCUT2D eigenvalue weighted by Crippen LogP contribution is 2.23. The van der Waals surface area contributed by atoms with Gasteiger partial charge in [0.25, 0.3) is 0 Å². The number of amides is 1. The monoisotopic (exact) mass is 323 g/mol. The number of benzene rings is 1. The summed E-state index contributed by atoms with van der Waals surface area (Å²) >= 11 is 4.99. The van der Waals surface area contributed by atoms with Crippen molar-refractivity contribution in [3.63, 3.8) is 0 Å². The Bertz CT molecular complexity index is 577. The van der Waals surface area contributed by atoms with Gasteiger partial charge in [0.2, 0.25) is 5.91 Å². The van der Waals surface area contributed by atoms with Gasteiger partial charge < -0.3 is 5.32 Å². The largest absolute Gasteiger partial charge is 0.326 e. The van der Waals surface area contributed by atoms with Gasteiger partial charge in [0.1, 0.15) is 0 Å². The van der Waals surface area contributed by atoms with Gasteiger partial charge in [0, 0.05) is 10.6 Å². The van der Waals surface area contributed by atoms with E-state index in [1.807, 2.05) is 44.2 Å². The van der Waals surface area contributed by atoms with E-state index in [1.54, 1.807) is 11.3 Å². The molecule has 0 saturated heterocycles. The molecule has 1 aromatic carbocycles. The topological polar surface area (TPSA) is 29.1 Å². The molecule has 1 N–H and O–H groups in total. The maximum atomic E-state index is 11.9. The van der Waals surface area contributed by atoms with Gasteiger partial charge in [-0.05, 0) is 59.1 Å². The van der Waals surface area contributed by atoms with Gasteiger partial charge in [-0.2, -0.15) is 0 Å². The first-order valence-corrected chi connectivity index (χ1v) is 7.27. The van der Waals surface area contributed by atoms with Crippen molar-refractivity contribution in [3.8, 4) is 0 Å². The second kappa shape index (κ2) is 5.67. The van der Waals surface area contributed by atoms with E-state index in [4.69, 9.17) is 0 Å². The molecule has 0 saturated carbocycles. The normalized spacial score (nSPS) is 10.4. The van der Waals surface area contributed by atoms with Crippen molar-refractivity contribution in [3.05, 3.63) is 50.1 Å². The lowest BCUT2D eigenvalue weighted by molar-refractivity contribution is -0.115. The maximum Gasteiger partial charge on any atom is 0.229 e. The number of aryl methyl sites for hydroxylation is 2. The van der Waals surface area contributed by atoms with Gasteiger partial charge in [0.15, 0.2) is 0 Å². The SMILES string of the molecule is Cc1ccc(C)c(NC(=O)Cc2ccc(Br)s2)c1. The molecule has 0 unspecified atom stereocenters. The molecule has 0 atom stereocenters. The molecule has 2 rings (SSSR count). The highest BCUT2D eigenvalue weighted by molar-refractivity contribution is 9.11. The number of carbonyl (C=O) groups excluding carboxylic acids is 1. The number of hydrogen-bond donors (Lipinski definition) is 1. The predicted molar refractivity (Wildman–Crippen MR) is 80.3 cm³/mol. The Kier molecular flexibility index (Phi) is 4.19. The van der Waals surface area contributed by atoms with E-state index in [0.29, 0.717) is 6.42 Å². The van der Waals surface area contributed by atoms with Crippen molar-refractivity contribution in [2.75, 3.05) is 5.32 Å². The fourth-order valence-electron chi connectivity index (χ4n) is 1.67. The van der Waals surface area contributed by atoms with E-state index < -0.39 is 0 Å². The fraction of sp³-hybridized carbons (Fsp3) is 0.214. The first-order chi connectivity index (χ1) is 8.54. The average Bonchev–Trinajstić information content (AvgIpc) is 2.69. The maximum absolute atomic E-state index is 11.9. The van der Waals surface area contributed by atoms with Gasteiger partial charge in [0.05, 0.1) is 10.2 Å². The number of hydrogen-bond acceptors (Lipinski definition) is 2. The molecule has 94 valence electrons. The van der Waals surface area contributed by atoms with Crippen LogP contribution in [0.15, 0.2) is 34.1 Å². The first-order valence-electron chi connectivity index (χ1n) is 5.66. The number of halogens is 1. The number of anilines is 1. The predicted octanol–water partition coefficient (Wildman–Crippen LogP) is 4.31. The van der Waals surface area contributed by atoms with Crippen LogP contribution in [-0.2, 0) is 11.2 Å². The number of thiophene rings is 1. The lowest BCUT2D eigenvalue weighted by atomic mass is 10.1. The molecule has 1 heterocycles. The van der Waals surface area contributed by atoms with E-state index in [0.717, 1.165) is 25.5 Å². The third-order valence-corrected chi connectivity index (χ3v) is 4.25. The van der Waals surface area contributed by atoms with E-state index >= 15 is 0 Å². The van der Waals surface area contributed by atoms with Crippen LogP contribution in [0.5, 0.6) is 0 Å². The third-order valence-electron chi connectivity index (χ3n) is 2.63. The zero-order chi connectivity index (χ0) is 13.1. The molecule has 1 aromatic heterocycles. The Balaban J connectivity index is 2.05. The van der Waals surface area contributed by atoms with Crippen molar-refractivity contribution >= 4 is 38.9 Å². The molecule has 0 aliphatic carbocycles. The van der Waals surface area contributed by atoms with Crippen molar-refractivity contribution in [1.29, 1.82) is 0 Å². The number of carbonyl (C=O) groups is 1. The summed E-state index contributed by atoms with van der Waals surface area (Å²) in [6, 6.07) is 9.99. The Morgan fingerprint density at radius 2 is 2.06 bits per heavy atom. The lowest BCUT2D eigenvalue weighted by Gasteiger charge is -2.08. The summed E-state index contributed by atoms with van der Waals surface area (Å²) < 4.78 is 1.05. The van der Waals surface area contributed by atoms with Crippen LogP contribution in [0.25, 0.3) is 0 Å². The molecule has 0 bridgehead atoms. The number of rotatable bonds is 3. The number of nitrogens with one attached hydrogen (secondary N) is 1. The van der Waals surface area contributed by atoms with Crippen LogP contribution in [0.3, 0.4) is 0 Å². The summed E-state index contributed by atoms with van der Waals surface area (Å²) in [6.07, 6.45) is 0.420. The van der Waals surface area contributed by atoms with Gasteiger partial charge in [-0.15, -0.1) is 11.3 Å². The minimum atomic E-state index is 0.0260. The highest BCUT2D eigenvalue weighted by Gasteiger charge is 2.07. The summed E-state index contributed by atoms with van der Waals surface area (Å²) in [7, 11) is 0. The zero-order valence-electron chi connectivity index (χ0n) is 10.3.